The second-order valence-electron chi connectivity index (χ2n) is 4.48. The van der Waals surface area contributed by atoms with Crippen LogP contribution in [0.3, 0.4) is 0 Å². The first kappa shape index (κ1) is 14.0. The van der Waals surface area contributed by atoms with Crippen molar-refractivity contribution in [1.29, 1.82) is 5.26 Å². The number of carboxylic acids is 1. The molecule has 1 fully saturated rings. The lowest BCUT2D eigenvalue weighted by Crippen LogP contribution is -2.48. The van der Waals surface area contributed by atoms with Crippen LogP contribution >= 0.6 is 0 Å². The smallest absolute Gasteiger partial charge is 0.334 e. The Morgan fingerprint density at radius 3 is 2.70 bits per heavy atom. The molecule has 1 aliphatic rings. The largest absolute Gasteiger partial charge is 0.479 e. The lowest BCUT2D eigenvalue weighted by molar-refractivity contribution is -0.154. The van der Waals surface area contributed by atoms with Crippen LogP contribution in [0.15, 0.2) is 24.3 Å². The van der Waals surface area contributed by atoms with E-state index >= 15 is 0 Å². The number of morpholine rings is 1. The van der Waals surface area contributed by atoms with Crippen molar-refractivity contribution >= 4 is 11.9 Å². The summed E-state index contributed by atoms with van der Waals surface area (Å²) >= 11 is 0. The first-order chi connectivity index (χ1) is 9.61. The van der Waals surface area contributed by atoms with Crippen molar-refractivity contribution in [2.75, 3.05) is 19.7 Å². The van der Waals surface area contributed by atoms with Gasteiger partial charge in [-0.05, 0) is 17.7 Å². The molecule has 0 radical (unpaired) electrons. The third-order valence-corrected chi connectivity index (χ3v) is 3.11. The summed E-state index contributed by atoms with van der Waals surface area (Å²) in [5.74, 6) is -1.28. The number of carbonyl (C=O) groups excluding carboxylic acids is 1. The predicted molar refractivity (Wildman–Crippen MR) is 69.0 cm³/mol. The Labute approximate surface area is 116 Å². The summed E-state index contributed by atoms with van der Waals surface area (Å²) < 4.78 is 5.08. The number of hydrogen-bond donors (Lipinski definition) is 1. The van der Waals surface area contributed by atoms with Gasteiger partial charge < -0.3 is 14.7 Å². The van der Waals surface area contributed by atoms with E-state index in [-0.39, 0.29) is 19.1 Å². The van der Waals surface area contributed by atoms with Crippen molar-refractivity contribution in [1.82, 2.24) is 4.90 Å². The van der Waals surface area contributed by atoms with Crippen molar-refractivity contribution < 1.29 is 19.4 Å². The van der Waals surface area contributed by atoms with E-state index in [1.807, 2.05) is 6.07 Å². The molecular formula is C14H14N2O4. The summed E-state index contributed by atoms with van der Waals surface area (Å²) in [6, 6.07) is 8.80. The third kappa shape index (κ3) is 3.13. The van der Waals surface area contributed by atoms with Gasteiger partial charge in [-0.1, -0.05) is 12.1 Å². The minimum Gasteiger partial charge on any atom is -0.479 e. The van der Waals surface area contributed by atoms with Gasteiger partial charge in [0, 0.05) is 12.1 Å². The van der Waals surface area contributed by atoms with Crippen LogP contribution in [0.1, 0.15) is 15.9 Å². The van der Waals surface area contributed by atoms with E-state index in [2.05, 4.69) is 0 Å². The molecule has 1 atom stereocenters. The monoisotopic (exact) mass is 274 g/mol. The van der Waals surface area contributed by atoms with E-state index in [4.69, 9.17) is 15.1 Å². The topological polar surface area (TPSA) is 90.6 Å². The Kier molecular flexibility index (Phi) is 4.33. The molecule has 0 spiro atoms. The second-order valence-corrected chi connectivity index (χ2v) is 4.48. The fraction of sp³-hybridized carbons (Fsp3) is 0.357. The van der Waals surface area contributed by atoms with Gasteiger partial charge >= 0.3 is 5.97 Å². The van der Waals surface area contributed by atoms with Gasteiger partial charge in [-0.15, -0.1) is 0 Å². The number of ether oxygens (including phenoxy) is 1. The zero-order chi connectivity index (χ0) is 14.5. The summed E-state index contributed by atoms with van der Waals surface area (Å²) in [7, 11) is 0. The number of nitriles is 1. The quantitative estimate of drug-likeness (QED) is 0.875. The van der Waals surface area contributed by atoms with Gasteiger partial charge in [0.15, 0.2) is 6.10 Å². The molecule has 1 aromatic rings. The Balaban J connectivity index is 2.07. The summed E-state index contributed by atoms with van der Waals surface area (Å²) in [5, 5.41) is 17.5. The van der Waals surface area contributed by atoms with Gasteiger partial charge in [-0.25, -0.2) is 4.79 Å². The number of amides is 1. The van der Waals surface area contributed by atoms with Gasteiger partial charge in [-0.3, -0.25) is 4.79 Å². The highest BCUT2D eigenvalue weighted by atomic mass is 16.5. The molecule has 1 amide bonds. The number of nitrogens with zero attached hydrogens (tertiary/aromatic N) is 2. The molecule has 1 unspecified atom stereocenters. The first-order valence-electron chi connectivity index (χ1n) is 6.21. The van der Waals surface area contributed by atoms with Crippen molar-refractivity contribution in [3.05, 3.63) is 35.4 Å². The number of carbonyl (C=O) groups is 2. The summed E-state index contributed by atoms with van der Waals surface area (Å²) in [6.07, 6.45) is -0.668. The standard InChI is InChI=1S/C14H14N2O4/c15-6-5-10-1-3-11(4-2-10)13(17)16-7-8-20-12(9-16)14(18)19/h1-4,12H,5,7-9H2,(H,18,19). The molecule has 0 saturated carbocycles. The van der Waals surface area contributed by atoms with Gasteiger partial charge in [0.25, 0.3) is 5.91 Å². The normalized spacial score (nSPS) is 18.4. The third-order valence-electron chi connectivity index (χ3n) is 3.11. The molecule has 1 N–H and O–H groups in total. The van der Waals surface area contributed by atoms with Crippen LogP contribution < -0.4 is 0 Å². The Hall–Kier alpha value is -2.39. The van der Waals surface area contributed by atoms with Gasteiger partial charge in [0.1, 0.15) is 0 Å². The van der Waals surface area contributed by atoms with Crippen LogP contribution in [-0.2, 0) is 16.0 Å². The lowest BCUT2D eigenvalue weighted by Gasteiger charge is -2.30. The van der Waals surface area contributed by atoms with Crippen molar-refractivity contribution in [3.8, 4) is 6.07 Å². The fourth-order valence-electron chi connectivity index (χ4n) is 2.02. The number of benzene rings is 1. The van der Waals surface area contributed by atoms with Gasteiger partial charge in [0.2, 0.25) is 0 Å². The average molecular weight is 274 g/mol. The van der Waals surface area contributed by atoms with E-state index in [9.17, 15) is 9.59 Å². The maximum Gasteiger partial charge on any atom is 0.334 e. The highest BCUT2D eigenvalue weighted by molar-refractivity contribution is 5.94. The zero-order valence-electron chi connectivity index (χ0n) is 10.8. The van der Waals surface area contributed by atoms with E-state index in [1.165, 1.54) is 4.90 Å². The molecule has 104 valence electrons. The zero-order valence-corrected chi connectivity index (χ0v) is 10.8. The number of carboxylic acid groups (broad SMARTS) is 1. The summed E-state index contributed by atoms with van der Waals surface area (Å²) in [5.41, 5.74) is 1.33. The molecule has 1 aliphatic heterocycles. The molecule has 6 nitrogen and oxygen atoms in total. The van der Waals surface area contributed by atoms with Crippen LogP contribution in [-0.4, -0.2) is 47.7 Å². The summed E-state index contributed by atoms with van der Waals surface area (Å²) in [4.78, 5) is 24.6. The van der Waals surface area contributed by atoms with Crippen molar-refractivity contribution in [2.24, 2.45) is 0 Å². The van der Waals surface area contributed by atoms with Crippen LogP contribution in [0.4, 0.5) is 0 Å². The minimum absolute atomic E-state index is 0.0497. The van der Waals surface area contributed by atoms with Crippen molar-refractivity contribution in [3.63, 3.8) is 0 Å². The molecule has 1 aromatic carbocycles. The molecule has 0 bridgehead atoms. The maximum atomic E-state index is 12.2. The second kappa shape index (κ2) is 6.17. The van der Waals surface area contributed by atoms with Crippen LogP contribution in [0, 0.1) is 11.3 Å². The predicted octanol–water partition coefficient (Wildman–Crippen LogP) is 0.678. The average Bonchev–Trinajstić information content (AvgIpc) is 2.48. The van der Waals surface area contributed by atoms with Crippen molar-refractivity contribution in [2.45, 2.75) is 12.5 Å². The van der Waals surface area contributed by atoms with E-state index in [0.29, 0.717) is 18.5 Å². The van der Waals surface area contributed by atoms with E-state index in [1.54, 1.807) is 24.3 Å². The van der Waals surface area contributed by atoms with E-state index < -0.39 is 12.1 Å². The molecule has 0 aromatic heterocycles. The highest BCUT2D eigenvalue weighted by Gasteiger charge is 2.29. The first-order valence-corrected chi connectivity index (χ1v) is 6.21. The Morgan fingerprint density at radius 2 is 2.10 bits per heavy atom. The minimum atomic E-state index is -1.06. The van der Waals surface area contributed by atoms with Gasteiger partial charge in [0.05, 0.1) is 25.6 Å². The maximum absolute atomic E-state index is 12.2. The lowest BCUT2D eigenvalue weighted by atomic mass is 10.1. The molecular weight excluding hydrogens is 260 g/mol. The van der Waals surface area contributed by atoms with Crippen LogP contribution in [0.25, 0.3) is 0 Å². The Bertz CT molecular complexity index is 547. The van der Waals surface area contributed by atoms with E-state index in [0.717, 1.165) is 5.56 Å². The van der Waals surface area contributed by atoms with Gasteiger partial charge in [-0.2, -0.15) is 5.26 Å². The molecule has 0 aliphatic carbocycles. The number of rotatable bonds is 3. The molecule has 6 heteroatoms. The summed E-state index contributed by atoms with van der Waals surface area (Å²) in [6.45, 7) is 0.645. The van der Waals surface area contributed by atoms with Crippen LogP contribution in [0.2, 0.25) is 0 Å². The molecule has 1 saturated heterocycles. The Morgan fingerprint density at radius 1 is 1.40 bits per heavy atom. The molecule has 1 heterocycles. The van der Waals surface area contributed by atoms with Crippen LogP contribution in [0.5, 0.6) is 0 Å². The molecule has 2 rings (SSSR count). The fourth-order valence-corrected chi connectivity index (χ4v) is 2.02. The number of aliphatic carboxylic acids is 1. The highest BCUT2D eigenvalue weighted by Crippen LogP contribution is 2.12. The number of hydrogen-bond acceptors (Lipinski definition) is 4. The molecule has 20 heavy (non-hydrogen) atoms. The SMILES string of the molecule is N#CCc1ccc(C(=O)N2CCOC(C(=O)O)C2)cc1.